The quantitative estimate of drug-likeness (QED) is 0.420. The standard InChI is InChI=1S/C34H44O4/c35-4-6-37-29-14-30(38-7-5-36)32(34-18-24-11-25(19-34)13-26(12-24)20-34)27-2-1-3-28(31(27)29)33-15-21-8-22(16-33)10-23(9-21)17-33/h1-3,14,21-26,35-36H,4-13,15-20H2. The first-order valence-corrected chi connectivity index (χ1v) is 15.7. The van der Waals surface area contributed by atoms with Gasteiger partial charge in [-0.1, -0.05) is 18.2 Å². The maximum atomic E-state index is 9.73. The second-order valence-corrected chi connectivity index (χ2v) is 14.5. The molecule has 0 spiro atoms. The Bertz CT molecular complexity index is 1160. The van der Waals surface area contributed by atoms with Gasteiger partial charge in [-0.05, 0) is 129 Å². The second-order valence-electron chi connectivity index (χ2n) is 14.5. The van der Waals surface area contributed by atoms with Crippen LogP contribution in [0.3, 0.4) is 0 Å². The van der Waals surface area contributed by atoms with Gasteiger partial charge in [0.2, 0.25) is 0 Å². The van der Waals surface area contributed by atoms with Gasteiger partial charge < -0.3 is 19.7 Å². The average Bonchev–Trinajstić information content (AvgIpc) is 2.88. The van der Waals surface area contributed by atoms with Gasteiger partial charge in [-0.3, -0.25) is 0 Å². The third-order valence-corrected chi connectivity index (χ3v) is 12.0. The topological polar surface area (TPSA) is 58.9 Å². The van der Waals surface area contributed by atoms with Crippen LogP contribution in [0.1, 0.15) is 88.2 Å². The fourth-order valence-electron chi connectivity index (χ4n) is 11.8. The molecule has 2 aromatic carbocycles. The summed E-state index contributed by atoms with van der Waals surface area (Å²) in [5.41, 5.74) is 3.37. The van der Waals surface area contributed by atoms with Crippen LogP contribution in [0.4, 0.5) is 0 Å². The molecule has 8 saturated carbocycles. The van der Waals surface area contributed by atoms with Crippen molar-refractivity contribution in [1.29, 1.82) is 0 Å². The maximum Gasteiger partial charge on any atom is 0.131 e. The van der Waals surface area contributed by atoms with Crippen molar-refractivity contribution in [2.75, 3.05) is 26.4 Å². The van der Waals surface area contributed by atoms with E-state index in [-0.39, 0.29) is 24.0 Å². The van der Waals surface area contributed by atoms with Gasteiger partial charge in [0.05, 0.1) is 13.2 Å². The second kappa shape index (κ2) is 8.86. The molecule has 0 atom stereocenters. The number of rotatable bonds is 8. The first-order valence-electron chi connectivity index (χ1n) is 15.7. The lowest BCUT2D eigenvalue weighted by Crippen LogP contribution is -2.49. The molecule has 4 heteroatoms. The molecule has 0 saturated heterocycles. The molecule has 4 nitrogen and oxygen atoms in total. The Morgan fingerprint density at radius 1 is 0.632 bits per heavy atom. The van der Waals surface area contributed by atoms with Crippen LogP contribution in [0.15, 0.2) is 24.3 Å². The van der Waals surface area contributed by atoms with Crippen molar-refractivity contribution in [3.8, 4) is 11.5 Å². The molecule has 0 amide bonds. The van der Waals surface area contributed by atoms with Crippen molar-refractivity contribution in [2.45, 2.75) is 87.9 Å². The highest BCUT2D eigenvalue weighted by molar-refractivity contribution is 5.97. The van der Waals surface area contributed by atoms with E-state index in [2.05, 4.69) is 24.3 Å². The van der Waals surface area contributed by atoms with Crippen LogP contribution in [0, 0.1) is 35.5 Å². The van der Waals surface area contributed by atoms with Crippen molar-refractivity contribution >= 4 is 10.8 Å². The molecule has 8 aliphatic rings. The summed E-state index contributed by atoms with van der Waals surface area (Å²) in [6.07, 6.45) is 16.4. The lowest BCUT2D eigenvalue weighted by Gasteiger charge is -2.58. The fraction of sp³-hybridized carbons (Fsp3) is 0.706. The monoisotopic (exact) mass is 516 g/mol. The highest BCUT2D eigenvalue weighted by Gasteiger charge is 2.55. The van der Waals surface area contributed by atoms with Gasteiger partial charge in [0, 0.05) is 22.4 Å². The zero-order valence-electron chi connectivity index (χ0n) is 22.8. The molecule has 0 unspecified atom stereocenters. The van der Waals surface area contributed by atoms with E-state index in [1.54, 1.807) is 0 Å². The molecule has 0 aromatic heterocycles. The summed E-state index contributed by atoms with van der Waals surface area (Å²) in [4.78, 5) is 0. The Kier molecular flexibility index (Phi) is 5.61. The third kappa shape index (κ3) is 3.61. The summed E-state index contributed by atoms with van der Waals surface area (Å²) >= 11 is 0. The minimum Gasteiger partial charge on any atom is -0.491 e. The summed E-state index contributed by atoms with van der Waals surface area (Å²) < 4.78 is 12.8. The first kappa shape index (κ1) is 24.1. The minimum absolute atomic E-state index is 0.00455. The van der Waals surface area contributed by atoms with E-state index in [9.17, 15) is 10.2 Å². The summed E-state index contributed by atoms with van der Waals surface area (Å²) in [5, 5.41) is 22.1. The van der Waals surface area contributed by atoms with E-state index in [1.165, 1.54) is 98.9 Å². The number of hydrogen-bond acceptors (Lipinski definition) is 4. The molecular formula is C34H44O4. The van der Waals surface area contributed by atoms with Gasteiger partial charge in [0.15, 0.2) is 0 Å². The zero-order chi connectivity index (χ0) is 25.5. The highest BCUT2D eigenvalue weighted by atomic mass is 16.5. The fourth-order valence-corrected chi connectivity index (χ4v) is 11.8. The van der Waals surface area contributed by atoms with Crippen LogP contribution in [-0.4, -0.2) is 36.6 Å². The van der Waals surface area contributed by atoms with Gasteiger partial charge in [0.25, 0.3) is 0 Å². The van der Waals surface area contributed by atoms with E-state index in [1.807, 2.05) is 0 Å². The van der Waals surface area contributed by atoms with E-state index in [0.717, 1.165) is 47.0 Å². The lowest BCUT2D eigenvalue weighted by atomic mass is 9.47. The molecule has 8 fully saturated rings. The molecule has 8 aliphatic carbocycles. The van der Waals surface area contributed by atoms with Crippen molar-refractivity contribution in [3.05, 3.63) is 35.4 Å². The van der Waals surface area contributed by atoms with Crippen LogP contribution in [-0.2, 0) is 10.8 Å². The summed E-state index contributed by atoms with van der Waals surface area (Å²) in [5.74, 6) is 6.98. The summed E-state index contributed by atoms with van der Waals surface area (Å²) in [6, 6.07) is 9.27. The first-order chi connectivity index (χ1) is 18.6. The maximum absolute atomic E-state index is 9.73. The highest BCUT2D eigenvalue weighted by Crippen LogP contribution is 2.65. The third-order valence-electron chi connectivity index (χ3n) is 12.0. The molecule has 8 bridgehead atoms. The lowest BCUT2D eigenvalue weighted by molar-refractivity contribution is -0.00619. The molecule has 10 rings (SSSR count). The zero-order valence-corrected chi connectivity index (χ0v) is 22.8. The summed E-state index contributed by atoms with van der Waals surface area (Å²) in [7, 11) is 0. The Morgan fingerprint density at radius 2 is 1.11 bits per heavy atom. The van der Waals surface area contributed by atoms with Crippen LogP contribution >= 0.6 is 0 Å². The number of ether oxygens (including phenoxy) is 2. The van der Waals surface area contributed by atoms with E-state index < -0.39 is 0 Å². The van der Waals surface area contributed by atoms with Crippen molar-refractivity contribution < 1.29 is 19.7 Å². The Labute approximate surface area is 227 Å². The molecule has 2 N–H and O–H groups in total. The van der Waals surface area contributed by atoms with Gasteiger partial charge in [-0.25, -0.2) is 0 Å². The average molecular weight is 517 g/mol. The minimum atomic E-state index is 0.00455. The van der Waals surface area contributed by atoms with Gasteiger partial charge in [0.1, 0.15) is 24.7 Å². The molecule has 2 aromatic rings. The van der Waals surface area contributed by atoms with Gasteiger partial charge >= 0.3 is 0 Å². The van der Waals surface area contributed by atoms with E-state index in [0.29, 0.717) is 13.2 Å². The number of aliphatic hydroxyl groups is 2. The van der Waals surface area contributed by atoms with Crippen molar-refractivity contribution in [1.82, 2.24) is 0 Å². The Morgan fingerprint density at radius 3 is 1.61 bits per heavy atom. The summed E-state index contributed by atoms with van der Waals surface area (Å²) in [6.45, 7) is 0.614. The van der Waals surface area contributed by atoms with Crippen molar-refractivity contribution in [2.24, 2.45) is 35.5 Å². The predicted molar refractivity (Wildman–Crippen MR) is 149 cm³/mol. The number of benzene rings is 2. The SMILES string of the molecule is OCCOc1cc(OCCO)c2c(C34CC5CC(CC(C5)C3)C4)cccc2c1C12CC3CC(CC(C3)C1)C2. The molecule has 0 radical (unpaired) electrons. The normalized spacial score (nSPS) is 40.3. The van der Waals surface area contributed by atoms with E-state index >= 15 is 0 Å². The number of aliphatic hydroxyl groups excluding tert-OH is 2. The Balaban J connectivity index is 1.36. The van der Waals surface area contributed by atoms with Crippen molar-refractivity contribution in [3.63, 3.8) is 0 Å². The van der Waals surface area contributed by atoms with Gasteiger partial charge in [-0.2, -0.15) is 0 Å². The van der Waals surface area contributed by atoms with Crippen LogP contribution < -0.4 is 9.47 Å². The molecular weight excluding hydrogens is 472 g/mol. The smallest absolute Gasteiger partial charge is 0.131 e. The van der Waals surface area contributed by atoms with Crippen LogP contribution in [0.2, 0.25) is 0 Å². The predicted octanol–water partition coefficient (Wildman–Crippen LogP) is 6.52. The molecule has 0 heterocycles. The molecule has 0 aliphatic heterocycles. The number of fused-ring (bicyclic) bond motifs is 1. The molecule has 38 heavy (non-hydrogen) atoms. The Hall–Kier alpha value is -1.78. The number of hydrogen-bond donors (Lipinski definition) is 2. The van der Waals surface area contributed by atoms with Gasteiger partial charge in [-0.15, -0.1) is 0 Å². The van der Waals surface area contributed by atoms with Crippen LogP contribution in [0.25, 0.3) is 10.8 Å². The molecule has 204 valence electrons. The van der Waals surface area contributed by atoms with Crippen LogP contribution in [0.5, 0.6) is 11.5 Å². The largest absolute Gasteiger partial charge is 0.491 e. The van der Waals surface area contributed by atoms with E-state index in [4.69, 9.17) is 9.47 Å².